The van der Waals surface area contributed by atoms with Crippen LogP contribution < -0.4 is 5.32 Å². The molecule has 0 heterocycles. The van der Waals surface area contributed by atoms with Crippen LogP contribution in [0.5, 0.6) is 0 Å². The first kappa shape index (κ1) is 11.9. The zero-order chi connectivity index (χ0) is 10.3. The molecule has 0 aromatic rings. The third-order valence-corrected chi connectivity index (χ3v) is 1.67. The van der Waals surface area contributed by atoms with Crippen molar-refractivity contribution in [2.24, 2.45) is 0 Å². The van der Waals surface area contributed by atoms with Crippen LogP contribution in [-0.4, -0.2) is 12.5 Å². The molecule has 0 aliphatic rings. The van der Waals surface area contributed by atoms with Crippen molar-refractivity contribution in [1.29, 1.82) is 0 Å². The second-order valence-corrected chi connectivity index (χ2v) is 3.33. The summed E-state index contributed by atoms with van der Waals surface area (Å²) >= 11 is 0. The maximum absolute atomic E-state index is 10.6. The predicted molar refractivity (Wildman–Crippen MR) is 56.5 cm³/mol. The molecule has 13 heavy (non-hydrogen) atoms. The van der Waals surface area contributed by atoms with Crippen molar-refractivity contribution < 1.29 is 4.79 Å². The predicted octanol–water partition coefficient (Wildman–Crippen LogP) is 2.43. The molecule has 0 rings (SSSR count). The van der Waals surface area contributed by atoms with Gasteiger partial charge in [0, 0.05) is 13.5 Å². The van der Waals surface area contributed by atoms with Gasteiger partial charge in [0.2, 0.25) is 5.91 Å². The summed E-state index contributed by atoms with van der Waals surface area (Å²) in [5.74, 6) is 0.0246. The average molecular weight is 181 g/mol. The van der Waals surface area contributed by atoms with Crippen molar-refractivity contribution in [3.63, 3.8) is 0 Å². The van der Waals surface area contributed by atoms with Crippen LogP contribution in [0, 0.1) is 0 Å². The van der Waals surface area contributed by atoms with Gasteiger partial charge in [-0.1, -0.05) is 30.2 Å². The van der Waals surface area contributed by atoms with Crippen LogP contribution in [0.15, 0.2) is 23.3 Å². The Morgan fingerprint density at radius 2 is 1.85 bits per heavy atom. The summed E-state index contributed by atoms with van der Waals surface area (Å²) in [5, 5.41) is 2.78. The van der Waals surface area contributed by atoms with Crippen LogP contribution in [-0.2, 0) is 4.79 Å². The van der Waals surface area contributed by atoms with Crippen molar-refractivity contribution in [2.75, 3.05) is 6.54 Å². The van der Waals surface area contributed by atoms with E-state index in [0.29, 0.717) is 6.54 Å². The number of amides is 1. The Kier molecular flexibility index (Phi) is 5.94. The lowest BCUT2D eigenvalue weighted by Crippen LogP contribution is -2.22. The first-order valence-electron chi connectivity index (χ1n) is 4.63. The van der Waals surface area contributed by atoms with Gasteiger partial charge in [-0.15, -0.1) is 0 Å². The Hall–Kier alpha value is -1.05. The van der Waals surface area contributed by atoms with Crippen LogP contribution in [0.4, 0.5) is 0 Å². The van der Waals surface area contributed by atoms with E-state index in [4.69, 9.17) is 0 Å². The molecule has 2 heteroatoms. The molecule has 0 saturated heterocycles. The molecule has 0 radical (unpaired) electrons. The maximum Gasteiger partial charge on any atom is 0.217 e. The molecule has 0 spiro atoms. The van der Waals surface area contributed by atoms with Gasteiger partial charge in [0.1, 0.15) is 0 Å². The first-order chi connectivity index (χ1) is 6.06. The molecule has 0 aliphatic heterocycles. The highest BCUT2D eigenvalue weighted by Gasteiger charge is 1.94. The molecule has 2 nitrogen and oxygen atoms in total. The Morgan fingerprint density at radius 1 is 1.23 bits per heavy atom. The SMILES string of the molecule is CC/C(=C\C=C(C)C)CNC(C)=O. The monoisotopic (exact) mass is 181 g/mol. The topological polar surface area (TPSA) is 29.1 Å². The Morgan fingerprint density at radius 3 is 2.23 bits per heavy atom. The van der Waals surface area contributed by atoms with Crippen LogP contribution in [0.1, 0.15) is 34.1 Å². The average Bonchev–Trinajstić information content (AvgIpc) is 2.04. The molecule has 0 saturated carbocycles. The summed E-state index contributed by atoms with van der Waals surface area (Å²) in [6, 6.07) is 0. The molecule has 1 amide bonds. The number of carbonyl (C=O) groups is 1. The molecule has 0 aromatic heterocycles. The fourth-order valence-electron chi connectivity index (χ4n) is 0.824. The van der Waals surface area contributed by atoms with Crippen molar-refractivity contribution in [1.82, 2.24) is 5.32 Å². The number of hydrogen-bond acceptors (Lipinski definition) is 1. The number of rotatable bonds is 4. The maximum atomic E-state index is 10.6. The van der Waals surface area contributed by atoms with Gasteiger partial charge in [0.25, 0.3) is 0 Å². The summed E-state index contributed by atoms with van der Waals surface area (Å²) in [6.45, 7) is 8.40. The highest BCUT2D eigenvalue weighted by molar-refractivity contribution is 5.73. The number of allylic oxidation sites excluding steroid dienone is 3. The number of nitrogens with one attached hydrogen (secondary N) is 1. The quantitative estimate of drug-likeness (QED) is 0.663. The Labute approximate surface area is 80.7 Å². The minimum absolute atomic E-state index is 0.0246. The van der Waals surface area contributed by atoms with Gasteiger partial charge in [-0.25, -0.2) is 0 Å². The lowest BCUT2D eigenvalue weighted by molar-refractivity contribution is -0.118. The van der Waals surface area contributed by atoms with E-state index in [-0.39, 0.29) is 5.91 Å². The second-order valence-electron chi connectivity index (χ2n) is 3.33. The van der Waals surface area contributed by atoms with Gasteiger partial charge in [0.15, 0.2) is 0 Å². The summed E-state index contributed by atoms with van der Waals surface area (Å²) in [5.41, 5.74) is 2.52. The second kappa shape index (κ2) is 6.46. The van der Waals surface area contributed by atoms with Gasteiger partial charge in [-0.3, -0.25) is 4.79 Å². The normalized spacial score (nSPS) is 10.9. The van der Waals surface area contributed by atoms with E-state index in [0.717, 1.165) is 6.42 Å². The van der Waals surface area contributed by atoms with E-state index in [2.05, 4.69) is 38.2 Å². The highest BCUT2D eigenvalue weighted by atomic mass is 16.1. The van der Waals surface area contributed by atoms with Crippen molar-refractivity contribution in [2.45, 2.75) is 34.1 Å². The molecular formula is C11H19NO. The zero-order valence-corrected chi connectivity index (χ0v) is 8.98. The van der Waals surface area contributed by atoms with E-state index >= 15 is 0 Å². The molecule has 0 bridgehead atoms. The highest BCUT2D eigenvalue weighted by Crippen LogP contribution is 2.00. The first-order valence-corrected chi connectivity index (χ1v) is 4.63. The Bertz CT molecular complexity index is 222. The third-order valence-electron chi connectivity index (χ3n) is 1.67. The molecule has 74 valence electrons. The zero-order valence-electron chi connectivity index (χ0n) is 8.98. The van der Waals surface area contributed by atoms with Gasteiger partial charge in [0.05, 0.1) is 0 Å². The summed E-state index contributed by atoms with van der Waals surface area (Å²) in [7, 11) is 0. The smallest absolute Gasteiger partial charge is 0.217 e. The van der Waals surface area contributed by atoms with Gasteiger partial charge < -0.3 is 5.32 Å². The van der Waals surface area contributed by atoms with Crippen molar-refractivity contribution in [3.05, 3.63) is 23.3 Å². The summed E-state index contributed by atoms with van der Waals surface area (Å²) in [6.07, 6.45) is 5.12. The van der Waals surface area contributed by atoms with E-state index in [9.17, 15) is 4.79 Å². The molecule has 0 unspecified atom stereocenters. The largest absolute Gasteiger partial charge is 0.353 e. The van der Waals surface area contributed by atoms with Gasteiger partial charge >= 0.3 is 0 Å². The molecular weight excluding hydrogens is 162 g/mol. The number of hydrogen-bond donors (Lipinski definition) is 1. The lowest BCUT2D eigenvalue weighted by atomic mass is 10.1. The van der Waals surface area contributed by atoms with E-state index < -0.39 is 0 Å². The standard InChI is InChI=1S/C11H19NO/c1-5-11(7-6-9(2)3)8-12-10(4)13/h6-7H,5,8H2,1-4H3,(H,12,13)/b11-7+. The van der Waals surface area contributed by atoms with Gasteiger partial charge in [-0.2, -0.15) is 0 Å². The molecule has 0 atom stereocenters. The minimum atomic E-state index is 0.0246. The number of carbonyl (C=O) groups excluding carboxylic acids is 1. The molecule has 0 aliphatic carbocycles. The fraction of sp³-hybridized carbons (Fsp3) is 0.545. The third kappa shape index (κ3) is 7.32. The lowest BCUT2D eigenvalue weighted by Gasteiger charge is -2.03. The fourth-order valence-corrected chi connectivity index (χ4v) is 0.824. The van der Waals surface area contributed by atoms with Crippen molar-refractivity contribution >= 4 is 5.91 Å². The van der Waals surface area contributed by atoms with Crippen LogP contribution in [0.3, 0.4) is 0 Å². The van der Waals surface area contributed by atoms with E-state index in [1.165, 1.54) is 18.1 Å². The molecule has 0 aromatic carbocycles. The minimum Gasteiger partial charge on any atom is -0.353 e. The van der Waals surface area contributed by atoms with E-state index in [1.807, 2.05) is 0 Å². The summed E-state index contributed by atoms with van der Waals surface area (Å²) < 4.78 is 0. The van der Waals surface area contributed by atoms with E-state index in [1.54, 1.807) is 0 Å². The molecule has 1 N–H and O–H groups in total. The molecule has 0 fully saturated rings. The summed E-state index contributed by atoms with van der Waals surface area (Å²) in [4.78, 5) is 10.6. The van der Waals surface area contributed by atoms with Gasteiger partial charge in [-0.05, 0) is 20.3 Å². The van der Waals surface area contributed by atoms with Crippen LogP contribution in [0.25, 0.3) is 0 Å². The van der Waals surface area contributed by atoms with Crippen LogP contribution in [0.2, 0.25) is 0 Å². The Balaban J connectivity index is 4.10. The van der Waals surface area contributed by atoms with Crippen molar-refractivity contribution in [3.8, 4) is 0 Å². The van der Waals surface area contributed by atoms with Crippen LogP contribution >= 0.6 is 0 Å².